The van der Waals surface area contributed by atoms with E-state index in [1.807, 2.05) is 0 Å². The number of carbonyl (C=O) groups excluding carboxylic acids is 1. The van der Waals surface area contributed by atoms with Gasteiger partial charge >= 0.3 is 0 Å². The highest BCUT2D eigenvalue weighted by molar-refractivity contribution is 6.34. The predicted molar refractivity (Wildman–Crippen MR) is 123 cm³/mol. The van der Waals surface area contributed by atoms with Gasteiger partial charge in [0.25, 0.3) is 0 Å². The summed E-state index contributed by atoms with van der Waals surface area (Å²) < 4.78 is 20.3. The molecule has 33 heavy (non-hydrogen) atoms. The molecule has 166 valence electrons. The number of hydrogen-bond donors (Lipinski definition) is 1. The number of rotatable bonds is 6. The van der Waals surface area contributed by atoms with E-state index in [4.69, 9.17) is 22.1 Å². The number of pyridine rings is 1. The van der Waals surface area contributed by atoms with Gasteiger partial charge in [-0.15, -0.1) is 0 Å². The smallest absolute Gasteiger partial charge is 0.218 e. The van der Waals surface area contributed by atoms with Crippen LogP contribution in [0.25, 0.3) is 11.1 Å². The van der Waals surface area contributed by atoms with Gasteiger partial charge in [-0.05, 0) is 42.0 Å². The topological polar surface area (TPSA) is 100 Å². The summed E-state index contributed by atoms with van der Waals surface area (Å²) in [5.41, 5.74) is 6.60. The van der Waals surface area contributed by atoms with Crippen LogP contribution in [0.1, 0.15) is 16.2 Å². The maximum Gasteiger partial charge on any atom is 0.218 e. The molecule has 0 saturated heterocycles. The second-order valence-electron chi connectivity index (χ2n) is 7.25. The predicted octanol–water partition coefficient (Wildman–Crippen LogP) is 4.43. The van der Waals surface area contributed by atoms with Crippen molar-refractivity contribution >= 4 is 23.1 Å². The molecular formula is C24H18ClFN4O3. The molecule has 0 aliphatic rings. The van der Waals surface area contributed by atoms with Gasteiger partial charge in [0.15, 0.2) is 11.5 Å². The summed E-state index contributed by atoms with van der Waals surface area (Å²) in [6.07, 6.45) is 2.81. The zero-order chi connectivity index (χ0) is 23.5. The van der Waals surface area contributed by atoms with E-state index in [2.05, 4.69) is 10.1 Å². The van der Waals surface area contributed by atoms with E-state index >= 15 is 0 Å². The minimum atomic E-state index is -0.527. The highest BCUT2D eigenvalue weighted by atomic mass is 35.5. The fourth-order valence-corrected chi connectivity index (χ4v) is 3.34. The zero-order valence-corrected chi connectivity index (χ0v) is 18.2. The maximum atomic E-state index is 13.2. The number of aryl methyl sites for hydroxylation is 1. The van der Waals surface area contributed by atoms with E-state index in [0.717, 1.165) is 0 Å². The number of nitrogen functional groups attached to an aromatic ring is 1. The molecule has 2 aromatic heterocycles. The van der Waals surface area contributed by atoms with E-state index in [9.17, 15) is 14.0 Å². The Hall–Kier alpha value is -4.04. The molecule has 0 aliphatic carbocycles. The molecule has 0 atom stereocenters. The zero-order valence-electron chi connectivity index (χ0n) is 17.5. The standard InChI is InChI=1S/C24H18ClFN4O3/c1-30-13-18(14-5-7-15(26)8-6-14)24(32)23(29-30)20(31)11-16-9-10-17(12-28-16)33-21-4-2-3-19(27)22(21)25/h2-10,12-13H,11,27H2,1H3. The molecule has 0 radical (unpaired) electrons. The van der Waals surface area contributed by atoms with Crippen LogP contribution in [0.5, 0.6) is 11.5 Å². The summed E-state index contributed by atoms with van der Waals surface area (Å²) >= 11 is 6.13. The van der Waals surface area contributed by atoms with E-state index in [0.29, 0.717) is 33.5 Å². The molecule has 4 rings (SSSR count). The SMILES string of the molecule is Cn1cc(-c2ccc(F)cc2)c(=O)c(C(=O)Cc2ccc(Oc3cccc(N)c3Cl)cn2)n1. The molecule has 2 aromatic carbocycles. The Bertz CT molecular complexity index is 1390. The van der Waals surface area contributed by atoms with E-state index in [-0.39, 0.29) is 17.7 Å². The average Bonchev–Trinajstić information content (AvgIpc) is 2.80. The van der Waals surface area contributed by atoms with Gasteiger partial charge in [0.1, 0.15) is 22.3 Å². The summed E-state index contributed by atoms with van der Waals surface area (Å²) in [4.78, 5) is 30.0. The Morgan fingerprint density at radius 2 is 1.91 bits per heavy atom. The van der Waals surface area contributed by atoms with Crippen LogP contribution in [-0.2, 0) is 13.5 Å². The molecule has 7 nitrogen and oxygen atoms in total. The molecule has 9 heteroatoms. The number of ketones is 1. The highest BCUT2D eigenvalue weighted by Crippen LogP contribution is 2.33. The lowest BCUT2D eigenvalue weighted by Gasteiger charge is -2.09. The van der Waals surface area contributed by atoms with Crippen molar-refractivity contribution in [3.63, 3.8) is 0 Å². The van der Waals surface area contributed by atoms with Crippen molar-refractivity contribution in [2.24, 2.45) is 7.05 Å². The van der Waals surface area contributed by atoms with Crippen LogP contribution in [0, 0.1) is 5.82 Å². The first-order valence-electron chi connectivity index (χ1n) is 9.85. The van der Waals surface area contributed by atoms with Gasteiger partial charge in [-0.25, -0.2) is 4.39 Å². The van der Waals surface area contributed by atoms with Crippen molar-refractivity contribution in [2.45, 2.75) is 6.42 Å². The molecule has 2 heterocycles. The first-order chi connectivity index (χ1) is 15.8. The molecule has 0 unspecified atom stereocenters. The Morgan fingerprint density at radius 1 is 1.15 bits per heavy atom. The van der Waals surface area contributed by atoms with Crippen molar-refractivity contribution < 1.29 is 13.9 Å². The fraction of sp³-hybridized carbons (Fsp3) is 0.0833. The first-order valence-corrected chi connectivity index (χ1v) is 10.2. The number of anilines is 1. The van der Waals surface area contributed by atoms with Crippen molar-refractivity contribution in [2.75, 3.05) is 5.73 Å². The van der Waals surface area contributed by atoms with E-state index < -0.39 is 17.0 Å². The molecule has 0 fully saturated rings. The summed E-state index contributed by atoms with van der Waals surface area (Å²) in [5.74, 6) is -0.115. The van der Waals surface area contributed by atoms with E-state index in [1.165, 1.54) is 41.3 Å². The molecule has 0 amide bonds. The lowest BCUT2D eigenvalue weighted by atomic mass is 10.0. The van der Waals surface area contributed by atoms with Crippen LogP contribution >= 0.6 is 11.6 Å². The monoisotopic (exact) mass is 464 g/mol. The fourth-order valence-electron chi connectivity index (χ4n) is 3.18. The van der Waals surface area contributed by atoms with Crippen LogP contribution in [-0.4, -0.2) is 20.5 Å². The number of carbonyl (C=O) groups is 1. The average molecular weight is 465 g/mol. The molecule has 0 saturated carbocycles. The molecular weight excluding hydrogens is 447 g/mol. The van der Waals surface area contributed by atoms with Crippen molar-refractivity contribution in [1.82, 2.24) is 14.8 Å². The summed E-state index contributed by atoms with van der Waals surface area (Å²) in [6, 6.07) is 13.8. The number of ether oxygens (including phenoxy) is 1. The number of benzene rings is 2. The van der Waals surface area contributed by atoms with Gasteiger partial charge in [0.2, 0.25) is 5.43 Å². The van der Waals surface area contributed by atoms with Gasteiger partial charge < -0.3 is 10.5 Å². The number of aromatic nitrogens is 3. The van der Waals surface area contributed by atoms with Gasteiger partial charge in [0, 0.05) is 24.5 Å². The summed E-state index contributed by atoms with van der Waals surface area (Å²) in [6.45, 7) is 0. The lowest BCUT2D eigenvalue weighted by molar-refractivity contribution is 0.0984. The number of Topliss-reactive ketones (excluding diaryl/α,β-unsaturated/α-hetero) is 1. The highest BCUT2D eigenvalue weighted by Gasteiger charge is 2.18. The van der Waals surface area contributed by atoms with Gasteiger partial charge in [-0.3, -0.25) is 19.3 Å². The third-order valence-corrected chi connectivity index (χ3v) is 5.22. The van der Waals surface area contributed by atoms with Crippen LogP contribution in [0.15, 0.2) is 71.8 Å². The van der Waals surface area contributed by atoms with Gasteiger partial charge in [0.05, 0.1) is 18.3 Å². The minimum absolute atomic E-state index is 0.131. The lowest BCUT2D eigenvalue weighted by Crippen LogP contribution is -2.24. The van der Waals surface area contributed by atoms with Crippen molar-refractivity contribution in [3.8, 4) is 22.6 Å². The summed E-state index contributed by atoms with van der Waals surface area (Å²) in [5, 5.41) is 4.36. The van der Waals surface area contributed by atoms with Crippen molar-refractivity contribution in [1.29, 1.82) is 0 Å². The first kappa shape index (κ1) is 22.2. The van der Waals surface area contributed by atoms with Crippen LogP contribution < -0.4 is 15.9 Å². The third-order valence-electron chi connectivity index (χ3n) is 4.81. The van der Waals surface area contributed by atoms with Crippen LogP contribution in [0.4, 0.5) is 10.1 Å². The molecule has 0 bridgehead atoms. The Kier molecular flexibility index (Phi) is 6.19. The van der Waals surface area contributed by atoms with Crippen molar-refractivity contribution in [3.05, 3.63) is 99.4 Å². The molecule has 2 N–H and O–H groups in total. The van der Waals surface area contributed by atoms with Crippen LogP contribution in [0.3, 0.4) is 0 Å². The Labute approximate surface area is 193 Å². The normalized spacial score (nSPS) is 10.8. The molecule has 0 aliphatic heterocycles. The minimum Gasteiger partial charge on any atom is -0.454 e. The number of halogens is 2. The van der Waals surface area contributed by atoms with E-state index in [1.54, 1.807) is 37.4 Å². The van der Waals surface area contributed by atoms with Gasteiger partial charge in [-0.1, -0.05) is 29.8 Å². The maximum absolute atomic E-state index is 13.2. The Morgan fingerprint density at radius 3 is 2.61 bits per heavy atom. The number of nitrogens with zero attached hydrogens (tertiary/aromatic N) is 3. The number of hydrogen-bond acceptors (Lipinski definition) is 6. The molecule has 0 spiro atoms. The molecule has 4 aromatic rings. The number of nitrogens with two attached hydrogens (primary N) is 1. The quantitative estimate of drug-likeness (QED) is 0.334. The third kappa shape index (κ3) is 4.91. The van der Waals surface area contributed by atoms with Gasteiger partial charge in [-0.2, -0.15) is 5.10 Å². The summed E-state index contributed by atoms with van der Waals surface area (Å²) in [7, 11) is 1.61. The Balaban J connectivity index is 1.54. The van der Waals surface area contributed by atoms with Crippen LogP contribution in [0.2, 0.25) is 5.02 Å². The largest absolute Gasteiger partial charge is 0.454 e. The second-order valence-corrected chi connectivity index (χ2v) is 7.63. The second kappa shape index (κ2) is 9.22.